The first-order valence-electron chi connectivity index (χ1n) is 4.52. The molecule has 2 atom stereocenters. The van der Waals surface area contributed by atoms with E-state index in [2.05, 4.69) is 18.5 Å². The number of piperidine rings is 1. The smallest absolute Gasteiger partial charge is 0.0145 e. The van der Waals surface area contributed by atoms with Crippen LogP contribution in [0.1, 0.15) is 26.2 Å². The molecule has 0 aromatic carbocycles. The van der Waals surface area contributed by atoms with Crippen molar-refractivity contribution in [3.8, 4) is 0 Å². The van der Waals surface area contributed by atoms with Crippen LogP contribution in [-0.4, -0.2) is 25.0 Å². The Morgan fingerprint density at radius 2 is 2.45 bits per heavy atom. The van der Waals surface area contributed by atoms with E-state index in [4.69, 9.17) is 0 Å². The largest absolute Gasteiger partial charge is 0.313 e. The topological polar surface area (TPSA) is 12.0 Å². The molecule has 1 rings (SSSR count). The Kier molecular flexibility index (Phi) is 4.11. The summed E-state index contributed by atoms with van der Waals surface area (Å²) in [5.41, 5.74) is 0. The van der Waals surface area contributed by atoms with Gasteiger partial charge in [0, 0.05) is 12.2 Å². The van der Waals surface area contributed by atoms with Crippen molar-refractivity contribution in [1.82, 2.24) is 5.32 Å². The van der Waals surface area contributed by atoms with E-state index in [1.807, 2.05) is 0 Å². The maximum absolute atomic E-state index is 3.86. The molecule has 0 aromatic rings. The van der Waals surface area contributed by atoms with Crippen molar-refractivity contribution in [3.05, 3.63) is 0 Å². The first kappa shape index (κ1) is 9.22. The fourth-order valence-corrected chi connectivity index (χ4v) is 2.35. The highest BCUT2D eigenvalue weighted by Crippen LogP contribution is 2.20. The predicted octanol–water partition coefficient (Wildman–Crippen LogP) is 2.14. The second-order valence-electron chi connectivity index (χ2n) is 3.36. The molecule has 0 aliphatic carbocycles. The van der Waals surface area contributed by atoms with Crippen LogP contribution in [0.4, 0.5) is 0 Å². The standard InChI is InChI=1S/C9H18NP/c1-3-8-4-5-10-9(6-8)7-11-2/h8-10H,2-7H2,1H3. The van der Waals surface area contributed by atoms with Crippen molar-refractivity contribution >= 4 is 14.5 Å². The molecule has 0 aromatic heterocycles. The van der Waals surface area contributed by atoms with E-state index in [-0.39, 0.29) is 0 Å². The maximum Gasteiger partial charge on any atom is 0.0145 e. The number of rotatable bonds is 3. The van der Waals surface area contributed by atoms with E-state index >= 15 is 0 Å². The van der Waals surface area contributed by atoms with Gasteiger partial charge in [-0.25, -0.2) is 0 Å². The Morgan fingerprint density at radius 1 is 1.64 bits per heavy atom. The number of hydrogen-bond donors (Lipinski definition) is 1. The Bertz CT molecular complexity index is 125. The zero-order chi connectivity index (χ0) is 8.10. The monoisotopic (exact) mass is 171 g/mol. The summed E-state index contributed by atoms with van der Waals surface area (Å²) in [5, 5.41) is 3.54. The molecule has 0 radical (unpaired) electrons. The highest BCUT2D eigenvalue weighted by molar-refractivity contribution is 7.36. The molecule has 1 aliphatic heterocycles. The molecule has 0 spiro atoms. The summed E-state index contributed by atoms with van der Waals surface area (Å²) in [6, 6.07) is 0.757. The molecule has 1 N–H and O–H groups in total. The Balaban J connectivity index is 2.27. The zero-order valence-electron chi connectivity index (χ0n) is 7.34. The molecule has 0 bridgehead atoms. The Morgan fingerprint density at radius 3 is 3.09 bits per heavy atom. The summed E-state index contributed by atoms with van der Waals surface area (Å²) >= 11 is 0. The van der Waals surface area contributed by atoms with Crippen LogP contribution in [0, 0.1) is 5.92 Å². The van der Waals surface area contributed by atoms with Gasteiger partial charge in [0.05, 0.1) is 0 Å². The van der Waals surface area contributed by atoms with Crippen LogP contribution in [0.3, 0.4) is 0 Å². The third-order valence-corrected chi connectivity index (χ3v) is 3.23. The summed E-state index contributed by atoms with van der Waals surface area (Å²) in [6.07, 6.45) is 9.20. The fraction of sp³-hybridized carbons (Fsp3) is 0.889. The van der Waals surface area contributed by atoms with Crippen molar-refractivity contribution < 1.29 is 0 Å². The summed E-state index contributed by atoms with van der Waals surface area (Å²) in [6.45, 7) is 3.52. The third-order valence-electron chi connectivity index (χ3n) is 2.53. The van der Waals surface area contributed by atoms with Gasteiger partial charge in [-0.3, -0.25) is 0 Å². The van der Waals surface area contributed by atoms with Crippen LogP contribution in [-0.2, 0) is 0 Å². The zero-order valence-corrected chi connectivity index (χ0v) is 8.24. The van der Waals surface area contributed by atoms with E-state index in [1.165, 1.54) is 40.2 Å². The summed E-state index contributed by atoms with van der Waals surface area (Å²) in [5.74, 6) is 0.975. The predicted molar refractivity (Wildman–Crippen MR) is 53.7 cm³/mol. The molecular formula is C9H18NP. The summed E-state index contributed by atoms with van der Waals surface area (Å²) in [4.78, 5) is 0. The minimum Gasteiger partial charge on any atom is -0.313 e. The minimum absolute atomic E-state index is 0.757. The molecule has 0 amide bonds. The Labute approximate surface area is 71.4 Å². The van der Waals surface area contributed by atoms with Crippen molar-refractivity contribution in [2.45, 2.75) is 32.2 Å². The van der Waals surface area contributed by atoms with Crippen LogP contribution < -0.4 is 5.32 Å². The van der Waals surface area contributed by atoms with Gasteiger partial charge in [0.2, 0.25) is 0 Å². The molecule has 1 saturated heterocycles. The molecule has 2 unspecified atom stereocenters. The van der Waals surface area contributed by atoms with Crippen LogP contribution in [0.15, 0.2) is 0 Å². The van der Waals surface area contributed by atoms with Crippen molar-refractivity contribution in [3.63, 3.8) is 0 Å². The van der Waals surface area contributed by atoms with E-state index in [9.17, 15) is 0 Å². The van der Waals surface area contributed by atoms with Gasteiger partial charge in [0.1, 0.15) is 0 Å². The van der Waals surface area contributed by atoms with E-state index in [1.54, 1.807) is 0 Å². The summed E-state index contributed by atoms with van der Waals surface area (Å²) < 4.78 is 0. The Hall–Kier alpha value is 0.130. The lowest BCUT2D eigenvalue weighted by Gasteiger charge is -2.28. The average Bonchev–Trinajstić information content (AvgIpc) is 2.06. The van der Waals surface area contributed by atoms with Gasteiger partial charge in [0.25, 0.3) is 0 Å². The van der Waals surface area contributed by atoms with Crippen molar-refractivity contribution in [2.75, 3.05) is 12.7 Å². The van der Waals surface area contributed by atoms with E-state index < -0.39 is 0 Å². The highest BCUT2D eigenvalue weighted by atomic mass is 31.1. The van der Waals surface area contributed by atoms with Gasteiger partial charge < -0.3 is 5.32 Å². The lowest BCUT2D eigenvalue weighted by Crippen LogP contribution is -2.39. The van der Waals surface area contributed by atoms with Crippen LogP contribution >= 0.6 is 8.20 Å². The van der Waals surface area contributed by atoms with Crippen LogP contribution in [0.2, 0.25) is 0 Å². The van der Waals surface area contributed by atoms with Gasteiger partial charge in [-0.1, -0.05) is 19.6 Å². The quantitative estimate of drug-likeness (QED) is 0.641. The first-order chi connectivity index (χ1) is 5.36. The van der Waals surface area contributed by atoms with E-state index in [0.717, 1.165) is 12.0 Å². The number of nitrogens with one attached hydrogen (secondary N) is 1. The molecular weight excluding hydrogens is 153 g/mol. The van der Waals surface area contributed by atoms with Gasteiger partial charge in [-0.05, 0) is 25.3 Å². The SMILES string of the molecule is C=PCC1CC(CC)CCN1. The third kappa shape index (κ3) is 2.92. The summed E-state index contributed by atoms with van der Waals surface area (Å²) in [7, 11) is 1.29. The van der Waals surface area contributed by atoms with E-state index in [0.29, 0.717) is 0 Å². The number of hydrogen-bond acceptors (Lipinski definition) is 1. The normalized spacial score (nSPS) is 32.5. The molecule has 1 heterocycles. The van der Waals surface area contributed by atoms with Crippen LogP contribution in [0.5, 0.6) is 0 Å². The minimum atomic E-state index is 0.757. The van der Waals surface area contributed by atoms with Gasteiger partial charge >= 0.3 is 0 Å². The maximum atomic E-state index is 3.86. The van der Waals surface area contributed by atoms with Crippen molar-refractivity contribution in [2.24, 2.45) is 5.92 Å². The van der Waals surface area contributed by atoms with Crippen LogP contribution in [0.25, 0.3) is 0 Å². The molecule has 1 fully saturated rings. The molecule has 64 valence electrons. The van der Waals surface area contributed by atoms with Gasteiger partial charge in [-0.15, -0.1) is 8.20 Å². The second kappa shape index (κ2) is 4.90. The van der Waals surface area contributed by atoms with Crippen molar-refractivity contribution in [1.29, 1.82) is 0 Å². The molecule has 11 heavy (non-hydrogen) atoms. The lowest BCUT2D eigenvalue weighted by molar-refractivity contribution is 0.311. The molecule has 2 heteroatoms. The average molecular weight is 171 g/mol. The van der Waals surface area contributed by atoms with Gasteiger partial charge in [-0.2, -0.15) is 0 Å². The molecule has 0 saturated carbocycles. The highest BCUT2D eigenvalue weighted by Gasteiger charge is 2.18. The fourth-order valence-electron chi connectivity index (χ4n) is 1.76. The lowest BCUT2D eigenvalue weighted by atomic mass is 9.91. The van der Waals surface area contributed by atoms with Gasteiger partial charge in [0.15, 0.2) is 0 Å². The first-order valence-corrected chi connectivity index (χ1v) is 5.79. The second-order valence-corrected chi connectivity index (χ2v) is 4.17. The molecule has 1 nitrogen and oxygen atoms in total. The molecule has 1 aliphatic rings.